The number of nitrogens with two attached hydrogens (primary N) is 1. The fourth-order valence-corrected chi connectivity index (χ4v) is 2.61. The van der Waals surface area contributed by atoms with Crippen molar-refractivity contribution in [1.29, 1.82) is 0 Å². The number of nitrogens with zero attached hydrogens (tertiary/aromatic N) is 2. The summed E-state index contributed by atoms with van der Waals surface area (Å²) in [5.41, 5.74) is 6.45. The molecule has 4 N–H and O–H groups in total. The Labute approximate surface area is 123 Å². The Morgan fingerprint density at radius 1 is 1.38 bits per heavy atom. The molecule has 1 aromatic rings. The fourth-order valence-electron chi connectivity index (χ4n) is 2.61. The van der Waals surface area contributed by atoms with E-state index in [1.807, 2.05) is 6.92 Å². The first-order chi connectivity index (χ1) is 9.89. The molecule has 0 spiro atoms. The first-order valence-electron chi connectivity index (χ1n) is 6.95. The Morgan fingerprint density at radius 3 is 2.57 bits per heavy atom. The maximum absolute atomic E-state index is 12.5. The van der Waals surface area contributed by atoms with Gasteiger partial charge in [0, 0.05) is 29.6 Å². The summed E-state index contributed by atoms with van der Waals surface area (Å²) in [4.78, 5) is 14.3. The molecular formula is C15H21N3O3. The molecule has 0 unspecified atom stereocenters. The molecule has 0 atom stereocenters. The highest BCUT2D eigenvalue weighted by molar-refractivity contribution is 5.96. The smallest absolute Gasteiger partial charge is 0.254 e. The number of hydrogen-bond acceptors (Lipinski definition) is 4. The third-order valence-corrected chi connectivity index (χ3v) is 4.42. The molecule has 1 aromatic carbocycles. The molecule has 0 saturated carbocycles. The molecule has 1 aliphatic rings. The number of aromatic hydroxyl groups is 1. The average Bonchev–Trinajstić information content (AvgIpc) is 2.49. The standard InChI is InChI=1S/C15H21N3O3/c1-10-11(4-3-5-12(10)19)13(20)18-8-6-15(2,7-9-18)14(16)17-21/h3-5,19,21H,6-9H2,1-2H3,(H2,16,17). The Balaban J connectivity index is 2.12. The number of piperidine rings is 1. The number of amides is 1. The minimum Gasteiger partial charge on any atom is -0.508 e. The van der Waals surface area contributed by atoms with Crippen molar-refractivity contribution in [3.05, 3.63) is 29.3 Å². The predicted octanol–water partition coefficient (Wildman–Crippen LogP) is 1.69. The second-order valence-corrected chi connectivity index (χ2v) is 5.79. The van der Waals surface area contributed by atoms with Crippen LogP contribution >= 0.6 is 0 Å². The minimum atomic E-state index is -0.376. The van der Waals surface area contributed by atoms with Crippen LogP contribution in [-0.2, 0) is 0 Å². The van der Waals surface area contributed by atoms with E-state index in [4.69, 9.17) is 10.9 Å². The first kappa shape index (κ1) is 15.2. The second kappa shape index (κ2) is 5.63. The molecule has 6 heteroatoms. The number of likely N-dealkylation sites (tertiary alicyclic amines) is 1. The molecule has 1 amide bonds. The van der Waals surface area contributed by atoms with Crippen LogP contribution in [0.2, 0.25) is 0 Å². The summed E-state index contributed by atoms with van der Waals surface area (Å²) >= 11 is 0. The number of carbonyl (C=O) groups is 1. The number of phenolic OH excluding ortho intramolecular Hbond substituents is 1. The van der Waals surface area contributed by atoms with E-state index in [9.17, 15) is 9.90 Å². The molecule has 114 valence electrons. The number of rotatable bonds is 2. The minimum absolute atomic E-state index is 0.0926. The van der Waals surface area contributed by atoms with Crippen molar-refractivity contribution < 1.29 is 15.1 Å². The van der Waals surface area contributed by atoms with Crippen LogP contribution in [0.1, 0.15) is 35.7 Å². The summed E-state index contributed by atoms with van der Waals surface area (Å²) in [7, 11) is 0. The maximum Gasteiger partial charge on any atom is 0.254 e. The van der Waals surface area contributed by atoms with Crippen molar-refractivity contribution in [2.75, 3.05) is 13.1 Å². The quantitative estimate of drug-likeness (QED) is 0.334. The molecule has 0 radical (unpaired) electrons. The summed E-state index contributed by atoms with van der Waals surface area (Å²) in [6.45, 7) is 4.75. The highest BCUT2D eigenvalue weighted by Crippen LogP contribution is 2.32. The summed E-state index contributed by atoms with van der Waals surface area (Å²) in [6.07, 6.45) is 1.29. The van der Waals surface area contributed by atoms with Gasteiger partial charge in [-0.2, -0.15) is 0 Å². The molecule has 1 saturated heterocycles. The monoisotopic (exact) mass is 291 g/mol. The number of oxime groups is 1. The Morgan fingerprint density at radius 2 is 2.00 bits per heavy atom. The topological polar surface area (TPSA) is 99.2 Å². The van der Waals surface area contributed by atoms with Gasteiger partial charge in [0.1, 0.15) is 11.6 Å². The van der Waals surface area contributed by atoms with Crippen LogP contribution in [-0.4, -0.2) is 40.0 Å². The van der Waals surface area contributed by atoms with Crippen LogP contribution in [0.3, 0.4) is 0 Å². The number of phenols is 1. The number of hydrogen-bond donors (Lipinski definition) is 3. The van der Waals surface area contributed by atoms with Gasteiger partial charge in [0.15, 0.2) is 0 Å². The van der Waals surface area contributed by atoms with Crippen LogP contribution in [0.15, 0.2) is 23.4 Å². The Hall–Kier alpha value is -2.24. The maximum atomic E-state index is 12.5. The van der Waals surface area contributed by atoms with Crippen LogP contribution < -0.4 is 5.73 Å². The van der Waals surface area contributed by atoms with Gasteiger partial charge in [0.2, 0.25) is 0 Å². The van der Waals surface area contributed by atoms with Crippen LogP contribution in [0, 0.1) is 12.3 Å². The molecule has 1 aliphatic heterocycles. The van der Waals surface area contributed by atoms with Gasteiger partial charge in [-0.3, -0.25) is 4.79 Å². The van der Waals surface area contributed by atoms with Crippen LogP contribution in [0.5, 0.6) is 5.75 Å². The zero-order chi connectivity index (χ0) is 15.6. The molecule has 0 aromatic heterocycles. The van der Waals surface area contributed by atoms with Gasteiger partial charge < -0.3 is 20.9 Å². The number of benzene rings is 1. The average molecular weight is 291 g/mol. The van der Waals surface area contributed by atoms with E-state index in [1.165, 1.54) is 0 Å². The zero-order valence-corrected chi connectivity index (χ0v) is 12.3. The van der Waals surface area contributed by atoms with E-state index < -0.39 is 0 Å². The van der Waals surface area contributed by atoms with Gasteiger partial charge in [-0.25, -0.2) is 0 Å². The third kappa shape index (κ3) is 2.79. The van der Waals surface area contributed by atoms with E-state index in [1.54, 1.807) is 30.0 Å². The van der Waals surface area contributed by atoms with E-state index in [0.717, 1.165) is 0 Å². The summed E-state index contributed by atoms with van der Waals surface area (Å²) in [6, 6.07) is 4.95. The highest BCUT2D eigenvalue weighted by atomic mass is 16.4. The molecule has 6 nitrogen and oxygen atoms in total. The van der Waals surface area contributed by atoms with Crippen molar-refractivity contribution >= 4 is 11.7 Å². The van der Waals surface area contributed by atoms with E-state index >= 15 is 0 Å². The predicted molar refractivity (Wildman–Crippen MR) is 79.5 cm³/mol. The van der Waals surface area contributed by atoms with Gasteiger partial charge in [-0.15, -0.1) is 0 Å². The molecular weight excluding hydrogens is 270 g/mol. The zero-order valence-electron chi connectivity index (χ0n) is 12.3. The Bertz CT molecular complexity index is 576. The third-order valence-electron chi connectivity index (χ3n) is 4.42. The van der Waals surface area contributed by atoms with Crippen molar-refractivity contribution in [3.63, 3.8) is 0 Å². The van der Waals surface area contributed by atoms with E-state index in [2.05, 4.69) is 5.16 Å². The number of amidine groups is 1. The van der Waals surface area contributed by atoms with Crippen molar-refractivity contribution in [3.8, 4) is 5.75 Å². The van der Waals surface area contributed by atoms with Gasteiger partial charge in [0.25, 0.3) is 5.91 Å². The first-order valence-corrected chi connectivity index (χ1v) is 6.95. The largest absolute Gasteiger partial charge is 0.508 e. The highest BCUT2D eigenvalue weighted by Gasteiger charge is 2.36. The van der Waals surface area contributed by atoms with Gasteiger partial charge in [0.05, 0.1) is 0 Å². The Kier molecular flexibility index (Phi) is 4.06. The van der Waals surface area contributed by atoms with Gasteiger partial charge in [-0.1, -0.05) is 18.1 Å². The van der Waals surface area contributed by atoms with Crippen molar-refractivity contribution in [2.45, 2.75) is 26.7 Å². The summed E-state index contributed by atoms with van der Waals surface area (Å²) < 4.78 is 0. The van der Waals surface area contributed by atoms with Crippen LogP contribution in [0.4, 0.5) is 0 Å². The van der Waals surface area contributed by atoms with Gasteiger partial charge in [-0.05, 0) is 31.9 Å². The lowest BCUT2D eigenvalue weighted by Gasteiger charge is -2.38. The lowest BCUT2D eigenvalue weighted by Crippen LogP contribution is -2.47. The lowest BCUT2D eigenvalue weighted by molar-refractivity contribution is 0.0665. The second-order valence-electron chi connectivity index (χ2n) is 5.79. The molecule has 0 aliphatic carbocycles. The molecule has 0 bridgehead atoms. The lowest BCUT2D eigenvalue weighted by atomic mass is 9.79. The normalized spacial score (nSPS) is 18.6. The SMILES string of the molecule is Cc1c(O)cccc1C(=O)N1CCC(C)(/C(N)=N/O)CC1. The van der Waals surface area contributed by atoms with Gasteiger partial charge >= 0.3 is 0 Å². The van der Waals surface area contributed by atoms with Crippen LogP contribution in [0.25, 0.3) is 0 Å². The van der Waals surface area contributed by atoms with Crippen molar-refractivity contribution in [1.82, 2.24) is 4.90 Å². The molecule has 21 heavy (non-hydrogen) atoms. The number of carbonyl (C=O) groups excluding carboxylic acids is 1. The molecule has 2 rings (SSSR count). The van der Waals surface area contributed by atoms with Crippen molar-refractivity contribution in [2.24, 2.45) is 16.3 Å². The van der Waals surface area contributed by atoms with E-state index in [-0.39, 0.29) is 22.9 Å². The fraction of sp³-hybridized carbons (Fsp3) is 0.467. The van der Waals surface area contributed by atoms with E-state index in [0.29, 0.717) is 37.1 Å². The summed E-state index contributed by atoms with van der Waals surface area (Å²) in [5.74, 6) is 0.243. The molecule has 1 fully saturated rings. The molecule has 1 heterocycles. The summed E-state index contributed by atoms with van der Waals surface area (Å²) in [5, 5.41) is 21.6.